The largest absolute Gasteiger partial charge is 0.238 e. The SMILES string of the molecule is [Ir].[c-]1cccc2ccc3ncnn3c12. The number of hydrogen-bond donors (Lipinski definition) is 0. The molecule has 0 saturated carbocycles. The molecule has 0 N–H and O–H groups in total. The van der Waals surface area contributed by atoms with Crippen molar-refractivity contribution in [3.05, 3.63) is 42.7 Å². The van der Waals surface area contributed by atoms with Gasteiger partial charge in [0, 0.05) is 20.1 Å². The van der Waals surface area contributed by atoms with Gasteiger partial charge in [-0.3, -0.25) is 0 Å². The molecule has 2 aromatic heterocycles. The van der Waals surface area contributed by atoms with Crippen LogP contribution in [-0.4, -0.2) is 14.6 Å². The molecule has 3 aromatic rings. The average Bonchev–Trinajstić information content (AvgIpc) is 2.65. The molecule has 0 amide bonds. The van der Waals surface area contributed by atoms with E-state index in [9.17, 15) is 0 Å². The Kier molecular flexibility index (Phi) is 2.31. The first-order chi connectivity index (χ1) is 6.45. The molecule has 3 nitrogen and oxygen atoms in total. The zero-order chi connectivity index (χ0) is 8.67. The fourth-order valence-electron chi connectivity index (χ4n) is 1.46. The Hall–Kier alpha value is -1.25. The van der Waals surface area contributed by atoms with Crippen molar-refractivity contribution in [1.82, 2.24) is 14.6 Å². The van der Waals surface area contributed by atoms with E-state index in [0.29, 0.717) is 0 Å². The van der Waals surface area contributed by atoms with Crippen LogP contribution in [0, 0.1) is 6.07 Å². The fourth-order valence-corrected chi connectivity index (χ4v) is 1.46. The summed E-state index contributed by atoms with van der Waals surface area (Å²) in [6.45, 7) is 0. The van der Waals surface area contributed by atoms with Gasteiger partial charge in [0.05, 0.1) is 0 Å². The van der Waals surface area contributed by atoms with Crippen molar-refractivity contribution in [2.45, 2.75) is 0 Å². The Labute approximate surface area is 94.1 Å². The average molecular weight is 360 g/mol. The Morgan fingerprint density at radius 1 is 1.21 bits per heavy atom. The molecule has 0 spiro atoms. The fraction of sp³-hybridized carbons (Fsp3) is 0. The molecule has 0 fully saturated rings. The second-order valence-corrected chi connectivity index (χ2v) is 2.84. The van der Waals surface area contributed by atoms with Gasteiger partial charge in [-0.25, -0.2) is 9.50 Å². The van der Waals surface area contributed by atoms with Crippen LogP contribution in [0.1, 0.15) is 0 Å². The molecule has 14 heavy (non-hydrogen) atoms. The number of hydrogen-bond acceptors (Lipinski definition) is 2. The molecular formula is C10H6IrN3-. The van der Waals surface area contributed by atoms with Crippen LogP contribution < -0.4 is 0 Å². The van der Waals surface area contributed by atoms with E-state index in [2.05, 4.69) is 16.1 Å². The second-order valence-electron chi connectivity index (χ2n) is 2.84. The van der Waals surface area contributed by atoms with Crippen molar-refractivity contribution in [1.29, 1.82) is 0 Å². The van der Waals surface area contributed by atoms with Crippen LogP contribution in [0.2, 0.25) is 0 Å². The van der Waals surface area contributed by atoms with Gasteiger partial charge in [0.15, 0.2) is 5.65 Å². The monoisotopic (exact) mass is 361 g/mol. The van der Waals surface area contributed by atoms with E-state index in [4.69, 9.17) is 0 Å². The van der Waals surface area contributed by atoms with Crippen LogP contribution in [0.4, 0.5) is 0 Å². The maximum absolute atomic E-state index is 4.12. The van der Waals surface area contributed by atoms with Crippen LogP contribution in [-0.2, 0) is 20.1 Å². The number of aromatic nitrogens is 3. The molecular weight excluding hydrogens is 354 g/mol. The van der Waals surface area contributed by atoms with Crippen LogP contribution in [0.25, 0.3) is 16.6 Å². The second kappa shape index (κ2) is 3.48. The summed E-state index contributed by atoms with van der Waals surface area (Å²) in [7, 11) is 0. The van der Waals surface area contributed by atoms with Crippen LogP contribution in [0.15, 0.2) is 36.7 Å². The summed E-state index contributed by atoms with van der Waals surface area (Å²) >= 11 is 0. The number of pyridine rings is 1. The molecule has 71 valence electrons. The predicted octanol–water partition coefficient (Wildman–Crippen LogP) is 1.68. The van der Waals surface area contributed by atoms with Crippen LogP contribution in [0.3, 0.4) is 0 Å². The molecule has 3 rings (SSSR count). The summed E-state index contributed by atoms with van der Waals surface area (Å²) < 4.78 is 1.79. The van der Waals surface area contributed by atoms with Crippen molar-refractivity contribution >= 4 is 16.6 Å². The number of para-hydroxylation sites is 1. The third kappa shape index (κ3) is 1.24. The molecule has 0 aliphatic heterocycles. The molecule has 0 bridgehead atoms. The maximum atomic E-state index is 4.12. The molecule has 0 aliphatic rings. The molecule has 0 saturated heterocycles. The minimum atomic E-state index is 0. The van der Waals surface area contributed by atoms with Crippen LogP contribution >= 0.6 is 0 Å². The summed E-state index contributed by atoms with van der Waals surface area (Å²) in [4.78, 5) is 4.10. The minimum absolute atomic E-state index is 0. The van der Waals surface area contributed by atoms with Gasteiger partial charge in [-0.2, -0.15) is 29.4 Å². The quantitative estimate of drug-likeness (QED) is 0.571. The van der Waals surface area contributed by atoms with Crippen LogP contribution in [0.5, 0.6) is 0 Å². The molecule has 0 unspecified atom stereocenters. The number of fused-ring (bicyclic) bond motifs is 3. The Morgan fingerprint density at radius 3 is 3.07 bits per heavy atom. The van der Waals surface area contributed by atoms with Crippen molar-refractivity contribution < 1.29 is 20.1 Å². The van der Waals surface area contributed by atoms with Crippen molar-refractivity contribution in [2.75, 3.05) is 0 Å². The van der Waals surface area contributed by atoms with E-state index < -0.39 is 0 Å². The van der Waals surface area contributed by atoms with Crippen molar-refractivity contribution in [3.8, 4) is 0 Å². The first-order valence-corrected chi connectivity index (χ1v) is 4.04. The zero-order valence-corrected chi connectivity index (χ0v) is 9.53. The van der Waals surface area contributed by atoms with Gasteiger partial charge in [0.25, 0.3) is 0 Å². The Balaban J connectivity index is 0.000000750. The third-order valence-corrected chi connectivity index (χ3v) is 2.06. The van der Waals surface area contributed by atoms with Gasteiger partial charge in [-0.1, -0.05) is 0 Å². The van der Waals surface area contributed by atoms with E-state index in [0.717, 1.165) is 16.6 Å². The summed E-state index contributed by atoms with van der Waals surface area (Å²) in [5.74, 6) is 0. The summed E-state index contributed by atoms with van der Waals surface area (Å²) in [6.07, 6.45) is 1.55. The predicted molar refractivity (Wildman–Crippen MR) is 49.3 cm³/mol. The first kappa shape index (κ1) is 9.31. The van der Waals surface area contributed by atoms with E-state index >= 15 is 0 Å². The number of benzene rings is 1. The summed E-state index contributed by atoms with van der Waals surface area (Å²) in [6, 6.07) is 13.0. The molecule has 1 radical (unpaired) electrons. The van der Waals surface area contributed by atoms with E-state index in [1.807, 2.05) is 30.3 Å². The summed E-state index contributed by atoms with van der Waals surface area (Å²) in [5.41, 5.74) is 1.83. The smallest absolute Gasteiger partial charge is 0.152 e. The molecule has 0 atom stereocenters. The number of rotatable bonds is 0. The van der Waals surface area contributed by atoms with Gasteiger partial charge in [-0.05, 0) is 11.6 Å². The van der Waals surface area contributed by atoms with Gasteiger partial charge < -0.3 is 0 Å². The zero-order valence-electron chi connectivity index (χ0n) is 7.14. The minimum Gasteiger partial charge on any atom is -0.238 e. The maximum Gasteiger partial charge on any atom is 0.152 e. The van der Waals surface area contributed by atoms with Gasteiger partial charge >= 0.3 is 0 Å². The van der Waals surface area contributed by atoms with Crippen molar-refractivity contribution in [2.24, 2.45) is 0 Å². The topological polar surface area (TPSA) is 30.2 Å². The Bertz CT molecular complexity index is 573. The first-order valence-electron chi connectivity index (χ1n) is 4.04. The Morgan fingerprint density at radius 2 is 2.14 bits per heavy atom. The standard InChI is InChI=1S/C10H6N3.Ir/c1-2-4-9-8(3-1)5-6-10-11-7-12-13(9)10;/h1-3,5-7H;/q-1;. The van der Waals surface area contributed by atoms with E-state index in [1.165, 1.54) is 0 Å². The summed E-state index contributed by atoms with van der Waals surface area (Å²) in [5, 5.41) is 5.25. The molecule has 4 heteroatoms. The van der Waals surface area contributed by atoms with Gasteiger partial charge in [-0.15, -0.1) is 11.5 Å². The van der Waals surface area contributed by atoms with Gasteiger partial charge in [0.1, 0.15) is 6.33 Å². The van der Waals surface area contributed by atoms with Gasteiger partial charge in [0.2, 0.25) is 0 Å². The molecule has 0 aliphatic carbocycles. The molecule has 2 heterocycles. The molecule has 1 aromatic carbocycles. The van der Waals surface area contributed by atoms with E-state index in [1.54, 1.807) is 10.8 Å². The third-order valence-electron chi connectivity index (χ3n) is 2.06. The number of nitrogens with zero attached hydrogens (tertiary/aromatic N) is 3. The van der Waals surface area contributed by atoms with Crippen molar-refractivity contribution in [3.63, 3.8) is 0 Å². The normalized spacial score (nSPS) is 10.3. The van der Waals surface area contributed by atoms with E-state index in [-0.39, 0.29) is 20.1 Å².